The van der Waals surface area contributed by atoms with Gasteiger partial charge in [0.15, 0.2) is 0 Å². The lowest BCUT2D eigenvalue weighted by atomic mass is 9.83. The van der Waals surface area contributed by atoms with Gasteiger partial charge in [-0.3, -0.25) is 9.59 Å². The van der Waals surface area contributed by atoms with E-state index in [1.807, 2.05) is 36.4 Å². The fourth-order valence-corrected chi connectivity index (χ4v) is 5.42. The quantitative estimate of drug-likeness (QED) is 0.270. The number of pyridine rings is 1. The molecule has 2 aliphatic rings. The molecule has 10 heteroatoms. The molecule has 218 valence electrons. The van der Waals surface area contributed by atoms with E-state index in [1.165, 1.54) is 29.2 Å². The molecule has 0 spiro atoms. The Hall–Kier alpha value is -4.08. The Kier molecular flexibility index (Phi) is 9.52. The molecular formula is C31H33F3N2O5. The number of hydrogen-bond acceptors (Lipinski definition) is 3. The maximum atomic E-state index is 13.5. The van der Waals surface area contributed by atoms with Crippen molar-refractivity contribution < 1.29 is 33.0 Å². The molecule has 2 saturated carbocycles. The number of carboxylic acid groups (broad SMARTS) is 2. The maximum Gasteiger partial charge on any atom is 0.503 e. The standard InChI is InChI=1S/C30H31F3N2O2.CH2O3/c31-30(32,33)25-14-15-35(27(36)18-25)19-21-10-12-24(13-11-21)28(23-5-1-2-6-23)29(37)34-26-7-3-4-22(17-26)16-20-8-9-20;2-1(3)4/h3-4,7,10-15,17-18,20,23,28H,1-2,5-6,8-9,16,19H2,(H,34,37);(H2,2,3,4). The molecule has 2 fully saturated rings. The van der Waals surface area contributed by atoms with Crippen molar-refractivity contribution in [2.45, 2.75) is 63.6 Å². The molecule has 5 rings (SSSR count). The first-order chi connectivity index (χ1) is 19.5. The number of halogens is 3. The predicted octanol–water partition coefficient (Wildman–Crippen LogP) is 7.00. The fourth-order valence-electron chi connectivity index (χ4n) is 5.42. The van der Waals surface area contributed by atoms with Crippen LogP contribution in [-0.4, -0.2) is 26.8 Å². The first-order valence-electron chi connectivity index (χ1n) is 13.7. The number of rotatable bonds is 8. The average Bonchev–Trinajstić information content (AvgIpc) is 3.55. The van der Waals surface area contributed by atoms with E-state index in [1.54, 1.807) is 0 Å². The van der Waals surface area contributed by atoms with Gasteiger partial charge in [-0.1, -0.05) is 49.2 Å². The highest BCUT2D eigenvalue weighted by Gasteiger charge is 2.33. The first-order valence-corrected chi connectivity index (χ1v) is 13.7. The van der Waals surface area contributed by atoms with E-state index in [0.29, 0.717) is 6.07 Å². The van der Waals surface area contributed by atoms with E-state index in [9.17, 15) is 22.8 Å². The monoisotopic (exact) mass is 570 g/mol. The van der Waals surface area contributed by atoms with E-state index >= 15 is 0 Å². The Balaban J connectivity index is 0.000000909. The van der Waals surface area contributed by atoms with Crippen LogP contribution in [0.15, 0.2) is 71.7 Å². The highest BCUT2D eigenvalue weighted by Crippen LogP contribution is 2.38. The van der Waals surface area contributed by atoms with Crippen molar-refractivity contribution in [1.82, 2.24) is 4.57 Å². The normalized spacial score (nSPS) is 16.0. The minimum absolute atomic E-state index is 0.0119. The minimum atomic E-state index is -4.55. The summed E-state index contributed by atoms with van der Waals surface area (Å²) in [5, 5.41) is 17.1. The molecule has 41 heavy (non-hydrogen) atoms. The van der Waals surface area contributed by atoms with Gasteiger partial charge in [0.2, 0.25) is 5.91 Å². The zero-order valence-electron chi connectivity index (χ0n) is 22.4. The van der Waals surface area contributed by atoms with Crippen LogP contribution in [0.2, 0.25) is 0 Å². The second-order valence-corrected chi connectivity index (χ2v) is 10.8. The molecule has 0 radical (unpaired) electrons. The van der Waals surface area contributed by atoms with Gasteiger partial charge in [-0.2, -0.15) is 13.2 Å². The van der Waals surface area contributed by atoms with Crippen molar-refractivity contribution >= 4 is 17.7 Å². The van der Waals surface area contributed by atoms with Crippen molar-refractivity contribution in [2.24, 2.45) is 11.8 Å². The van der Waals surface area contributed by atoms with Gasteiger partial charge in [-0.25, -0.2) is 4.79 Å². The number of carbonyl (C=O) groups is 2. The predicted molar refractivity (Wildman–Crippen MR) is 148 cm³/mol. The second-order valence-electron chi connectivity index (χ2n) is 10.8. The Morgan fingerprint density at radius 2 is 1.59 bits per heavy atom. The van der Waals surface area contributed by atoms with Gasteiger partial charge in [0, 0.05) is 18.0 Å². The average molecular weight is 571 g/mol. The number of carbonyl (C=O) groups excluding carboxylic acids is 1. The van der Waals surface area contributed by atoms with Crippen LogP contribution in [0.4, 0.5) is 23.7 Å². The summed E-state index contributed by atoms with van der Waals surface area (Å²) in [6, 6.07) is 17.2. The number of anilines is 1. The summed E-state index contributed by atoms with van der Waals surface area (Å²) in [6.07, 6.45) is 2.64. The van der Waals surface area contributed by atoms with E-state index < -0.39 is 23.5 Å². The summed E-state index contributed by atoms with van der Waals surface area (Å²) in [6.45, 7) is 0.158. The van der Waals surface area contributed by atoms with Gasteiger partial charge in [0.25, 0.3) is 5.56 Å². The van der Waals surface area contributed by atoms with Gasteiger partial charge < -0.3 is 20.1 Å². The summed E-state index contributed by atoms with van der Waals surface area (Å²) in [7, 11) is 0. The lowest BCUT2D eigenvalue weighted by Gasteiger charge is -2.24. The lowest BCUT2D eigenvalue weighted by Crippen LogP contribution is -2.26. The van der Waals surface area contributed by atoms with Crippen molar-refractivity contribution in [2.75, 3.05) is 5.32 Å². The summed E-state index contributed by atoms with van der Waals surface area (Å²) in [4.78, 5) is 34.3. The molecule has 0 bridgehead atoms. The largest absolute Gasteiger partial charge is 0.503 e. The molecular weight excluding hydrogens is 537 g/mol. The summed E-state index contributed by atoms with van der Waals surface area (Å²) in [5.41, 5.74) is 2.12. The third-order valence-corrected chi connectivity index (χ3v) is 7.58. The molecule has 2 aromatic carbocycles. The van der Waals surface area contributed by atoms with Gasteiger partial charge in [-0.15, -0.1) is 0 Å². The third-order valence-electron chi connectivity index (χ3n) is 7.58. The number of nitrogens with one attached hydrogen (secondary N) is 1. The highest BCUT2D eigenvalue weighted by molar-refractivity contribution is 5.96. The Bertz CT molecular complexity index is 1400. The van der Waals surface area contributed by atoms with Crippen molar-refractivity contribution in [1.29, 1.82) is 0 Å². The number of hydrogen-bond donors (Lipinski definition) is 3. The van der Waals surface area contributed by atoms with Crippen LogP contribution in [0.5, 0.6) is 0 Å². The zero-order valence-corrected chi connectivity index (χ0v) is 22.4. The van der Waals surface area contributed by atoms with E-state index in [-0.39, 0.29) is 24.3 Å². The molecule has 1 amide bonds. The lowest BCUT2D eigenvalue weighted by molar-refractivity contribution is -0.137. The van der Waals surface area contributed by atoms with Crippen LogP contribution in [0.25, 0.3) is 0 Å². The summed E-state index contributed by atoms with van der Waals surface area (Å²) >= 11 is 0. The Morgan fingerprint density at radius 3 is 2.17 bits per heavy atom. The van der Waals surface area contributed by atoms with Gasteiger partial charge in [0.05, 0.1) is 18.0 Å². The molecule has 1 unspecified atom stereocenters. The molecule has 3 aromatic rings. The van der Waals surface area contributed by atoms with Gasteiger partial charge in [-0.05, 0) is 78.8 Å². The molecule has 1 aromatic heterocycles. The van der Waals surface area contributed by atoms with Crippen LogP contribution in [0, 0.1) is 11.8 Å². The number of aromatic nitrogens is 1. The zero-order chi connectivity index (χ0) is 29.6. The number of benzene rings is 2. The molecule has 1 heterocycles. The molecule has 1 atom stereocenters. The Morgan fingerprint density at radius 1 is 0.927 bits per heavy atom. The second kappa shape index (κ2) is 13.1. The Labute approximate surface area is 235 Å². The topological polar surface area (TPSA) is 109 Å². The van der Waals surface area contributed by atoms with Crippen LogP contribution in [0.3, 0.4) is 0 Å². The van der Waals surface area contributed by atoms with Crippen molar-refractivity contribution in [3.8, 4) is 0 Å². The van der Waals surface area contributed by atoms with Gasteiger partial charge >= 0.3 is 12.3 Å². The van der Waals surface area contributed by atoms with E-state index in [4.69, 9.17) is 15.0 Å². The number of amides is 1. The maximum absolute atomic E-state index is 13.5. The molecule has 7 nitrogen and oxygen atoms in total. The third kappa shape index (κ3) is 8.70. The van der Waals surface area contributed by atoms with Crippen LogP contribution < -0.4 is 10.9 Å². The molecule has 3 N–H and O–H groups in total. The van der Waals surface area contributed by atoms with Gasteiger partial charge in [0.1, 0.15) is 0 Å². The van der Waals surface area contributed by atoms with E-state index in [2.05, 4.69) is 17.4 Å². The fraction of sp³-hybridized carbons (Fsp3) is 0.387. The van der Waals surface area contributed by atoms with E-state index in [0.717, 1.165) is 60.9 Å². The SMILES string of the molecule is O=C(Nc1cccc(CC2CC2)c1)C(c1ccc(Cn2ccc(C(F)(F)F)cc2=O)cc1)C1CCCC1.O=C(O)O. The highest BCUT2D eigenvalue weighted by atomic mass is 19.4. The van der Waals surface area contributed by atoms with Crippen molar-refractivity contribution in [3.05, 3.63) is 99.5 Å². The molecule has 0 aliphatic heterocycles. The summed E-state index contributed by atoms with van der Waals surface area (Å²) < 4.78 is 39.9. The smallest absolute Gasteiger partial charge is 0.450 e. The first kappa shape index (κ1) is 29.9. The van der Waals surface area contributed by atoms with Crippen molar-refractivity contribution in [3.63, 3.8) is 0 Å². The summed E-state index contributed by atoms with van der Waals surface area (Å²) in [5.74, 6) is 0.742. The molecule has 0 saturated heterocycles. The number of alkyl halides is 3. The number of nitrogens with zero attached hydrogens (tertiary/aromatic N) is 1. The van der Waals surface area contributed by atoms with Crippen LogP contribution >= 0.6 is 0 Å². The van der Waals surface area contributed by atoms with Crippen LogP contribution in [-0.2, 0) is 23.9 Å². The van der Waals surface area contributed by atoms with Crippen LogP contribution in [0.1, 0.15) is 66.7 Å². The molecule has 2 aliphatic carbocycles. The minimum Gasteiger partial charge on any atom is -0.450 e.